The number of alkyl halides is 8. The molecule has 0 saturated heterocycles. The highest BCUT2D eigenvalue weighted by Gasteiger charge is 2.75. The van der Waals surface area contributed by atoms with Crippen LogP contribution in [0.25, 0.3) is 0 Å². The first-order valence-corrected chi connectivity index (χ1v) is 12.3. The first-order valence-electron chi connectivity index (χ1n) is 9.13. The summed E-state index contributed by atoms with van der Waals surface area (Å²) in [5.41, 5.74) is 0.418. The molecule has 0 fully saturated rings. The minimum absolute atomic E-state index is 0.0400. The van der Waals surface area contributed by atoms with Gasteiger partial charge in [0, 0.05) is 10.0 Å². The van der Waals surface area contributed by atoms with Gasteiger partial charge in [-0.1, -0.05) is 109 Å². The molecule has 0 saturated carbocycles. The molecule has 1 aliphatic rings. The zero-order valence-corrected chi connectivity index (χ0v) is 21.7. The molecule has 0 N–H and O–H groups in total. The molecular weight excluding hydrogens is 648 g/mol. The van der Waals surface area contributed by atoms with E-state index in [1.54, 1.807) is 24.3 Å². The van der Waals surface area contributed by atoms with Crippen molar-refractivity contribution in [3.05, 3.63) is 80.3 Å². The standard InChI is InChI=1S/C21H13Br2Cl2F7S/c22-12-9-17(23,13-5-1-3-7-15(13)24)11-18(10-12,14-6-2-4-8-16(14)25)33-21(31,32)19(26,27)20(28,29)30/h1-8,10H,9,11H2. The Bertz CT molecular complexity index is 1080. The number of halogens is 11. The Morgan fingerprint density at radius 3 is 1.79 bits per heavy atom. The highest BCUT2D eigenvalue weighted by atomic mass is 79.9. The second-order valence-electron chi connectivity index (χ2n) is 7.45. The zero-order chi connectivity index (χ0) is 24.9. The zero-order valence-electron chi connectivity index (χ0n) is 16.2. The molecule has 0 aliphatic heterocycles. The van der Waals surface area contributed by atoms with E-state index in [0.29, 0.717) is 10.0 Å². The van der Waals surface area contributed by atoms with Crippen molar-refractivity contribution in [3.63, 3.8) is 0 Å². The van der Waals surface area contributed by atoms with E-state index in [1.165, 1.54) is 30.3 Å². The van der Waals surface area contributed by atoms with Gasteiger partial charge in [0.05, 0.1) is 9.07 Å². The van der Waals surface area contributed by atoms with Crippen molar-refractivity contribution in [2.75, 3.05) is 0 Å². The van der Waals surface area contributed by atoms with Crippen LogP contribution in [0.5, 0.6) is 0 Å². The van der Waals surface area contributed by atoms with Crippen LogP contribution in [0.4, 0.5) is 30.7 Å². The molecule has 0 radical (unpaired) electrons. The summed E-state index contributed by atoms with van der Waals surface area (Å²) < 4.78 is 93.2. The molecule has 0 amide bonds. The largest absolute Gasteiger partial charge is 0.460 e. The van der Waals surface area contributed by atoms with Gasteiger partial charge in [-0.05, 0) is 40.6 Å². The summed E-state index contributed by atoms with van der Waals surface area (Å²) in [7, 11) is 0. The SMILES string of the molecule is FC(F)(F)C(F)(F)C(F)(F)SC1(c2ccccc2Cl)C=C(Br)CC(Br)(c2ccccc2Cl)C1. The van der Waals surface area contributed by atoms with Crippen molar-refractivity contribution >= 4 is 66.8 Å². The van der Waals surface area contributed by atoms with Gasteiger partial charge < -0.3 is 0 Å². The molecule has 2 unspecified atom stereocenters. The minimum atomic E-state index is -6.46. The van der Waals surface area contributed by atoms with E-state index >= 15 is 0 Å². The topological polar surface area (TPSA) is 0 Å². The average molecular weight is 661 g/mol. The van der Waals surface area contributed by atoms with E-state index in [-0.39, 0.29) is 28.5 Å². The van der Waals surface area contributed by atoms with E-state index in [4.69, 9.17) is 23.2 Å². The molecule has 2 atom stereocenters. The molecule has 0 heterocycles. The Kier molecular flexibility index (Phi) is 7.60. The Hall–Kier alpha value is -0.420. The monoisotopic (exact) mass is 658 g/mol. The molecule has 0 nitrogen and oxygen atoms in total. The van der Waals surface area contributed by atoms with E-state index in [9.17, 15) is 30.7 Å². The van der Waals surface area contributed by atoms with Crippen molar-refractivity contribution in [1.82, 2.24) is 0 Å². The molecule has 2 aromatic carbocycles. The lowest BCUT2D eigenvalue weighted by Crippen LogP contribution is -2.52. The van der Waals surface area contributed by atoms with Gasteiger partial charge in [0.2, 0.25) is 0 Å². The maximum absolute atomic E-state index is 14.8. The fraction of sp³-hybridized carbons (Fsp3) is 0.333. The van der Waals surface area contributed by atoms with Crippen LogP contribution < -0.4 is 0 Å². The number of rotatable bonds is 5. The van der Waals surface area contributed by atoms with Gasteiger partial charge in [-0.3, -0.25) is 0 Å². The Morgan fingerprint density at radius 1 is 0.818 bits per heavy atom. The normalized spacial score (nSPS) is 24.5. The molecule has 33 heavy (non-hydrogen) atoms. The third-order valence-electron chi connectivity index (χ3n) is 5.10. The van der Waals surface area contributed by atoms with Crippen LogP contribution in [0.3, 0.4) is 0 Å². The molecular formula is C21H13Br2Cl2F7S. The Morgan fingerprint density at radius 2 is 1.30 bits per heavy atom. The number of hydrogen-bond acceptors (Lipinski definition) is 1. The second-order valence-corrected chi connectivity index (χ2v) is 12.2. The van der Waals surface area contributed by atoms with Crippen LogP contribution in [-0.2, 0) is 9.07 Å². The van der Waals surface area contributed by atoms with Crippen LogP contribution in [0.2, 0.25) is 10.0 Å². The van der Waals surface area contributed by atoms with Crippen molar-refractivity contribution < 1.29 is 30.7 Å². The Labute approximate surface area is 216 Å². The van der Waals surface area contributed by atoms with Gasteiger partial charge in [-0.25, -0.2) is 0 Å². The quantitative estimate of drug-likeness (QED) is 0.227. The van der Waals surface area contributed by atoms with Gasteiger partial charge in [-0.15, -0.1) is 0 Å². The van der Waals surface area contributed by atoms with E-state index in [1.807, 2.05) is 0 Å². The van der Waals surface area contributed by atoms with Crippen LogP contribution >= 0.6 is 66.8 Å². The van der Waals surface area contributed by atoms with Crippen LogP contribution in [0.15, 0.2) is 59.1 Å². The van der Waals surface area contributed by atoms with Gasteiger partial charge in [0.25, 0.3) is 0 Å². The van der Waals surface area contributed by atoms with Gasteiger partial charge in [0.1, 0.15) is 0 Å². The van der Waals surface area contributed by atoms with Gasteiger partial charge in [0.15, 0.2) is 0 Å². The average Bonchev–Trinajstić information content (AvgIpc) is 2.66. The fourth-order valence-electron chi connectivity index (χ4n) is 3.67. The Balaban J connectivity index is 2.24. The third-order valence-corrected chi connectivity index (χ3v) is 8.62. The highest BCUT2D eigenvalue weighted by Crippen LogP contribution is 2.65. The van der Waals surface area contributed by atoms with Crippen molar-refractivity contribution in [2.45, 2.75) is 39.3 Å². The number of allylic oxidation sites excluding steroid dienone is 1. The summed E-state index contributed by atoms with van der Waals surface area (Å²) in [6.45, 7) is 0. The third kappa shape index (κ3) is 5.10. The summed E-state index contributed by atoms with van der Waals surface area (Å²) in [5.74, 6) is -6.30. The molecule has 3 rings (SSSR count). The fourth-order valence-corrected chi connectivity index (χ4v) is 8.65. The molecule has 0 spiro atoms. The molecule has 180 valence electrons. The van der Waals surface area contributed by atoms with Crippen LogP contribution in [0, 0.1) is 0 Å². The van der Waals surface area contributed by atoms with Crippen molar-refractivity contribution in [2.24, 2.45) is 0 Å². The number of benzene rings is 2. The van der Waals surface area contributed by atoms with Gasteiger partial charge in [-0.2, -0.15) is 30.7 Å². The van der Waals surface area contributed by atoms with Gasteiger partial charge >= 0.3 is 17.4 Å². The molecule has 0 aromatic heterocycles. The lowest BCUT2D eigenvalue weighted by atomic mass is 9.78. The molecule has 1 aliphatic carbocycles. The maximum Gasteiger partial charge on any atom is 0.460 e. The number of hydrogen-bond donors (Lipinski definition) is 0. The summed E-state index contributed by atoms with van der Waals surface area (Å²) in [5, 5.41) is -5.33. The lowest BCUT2D eigenvalue weighted by Gasteiger charge is -2.45. The van der Waals surface area contributed by atoms with E-state index in [0.717, 1.165) is 0 Å². The molecule has 2 aromatic rings. The van der Waals surface area contributed by atoms with E-state index < -0.39 is 38.2 Å². The van der Waals surface area contributed by atoms with Crippen LogP contribution in [-0.4, -0.2) is 17.4 Å². The highest BCUT2D eigenvalue weighted by molar-refractivity contribution is 9.12. The second kappa shape index (κ2) is 9.22. The summed E-state index contributed by atoms with van der Waals surface area (Å²) in [6.07, 6.45) is -5.44. The van der Waals surface area contributed by atoms with E-state index in [2.05, 4.69) is 31.9 Å². The summed E-state index contributed by atoms with van der Waals surface area (Å²) in [6, 6.07) is 12.1. The predicted molar refractivity (Wildman–Crippen MR) is 125 cm³/mol. The van der Waals surface area contributed by atoms with Crippen molar-refractivity contribution in [3.8, 4) is 0 Å². The smallest absolute Gasteiger partial charge is 0.188 e. The molecule has 12 heteroatoms. The first kappa shape index (κ1) is 27.2. The summed E-state index contributed by atoms with van der Waals surface area (Å²) in [4.78, 5) is 0. The minimum Gasteiger partial charge on any atom is -0.188 e. The molecule has 0 bridgehead atoms. The lowest BCUT2D eigenvalue weighted by molar-refractivity contribution is -0.330. The first-order chi connectivity index (χ1) is 15.0. The number of thioether (sulfide) groups is 1. The maximum atomic E-state index is 14.8. The summed E-state index contributed by atoms with van der Waals surface area (Å²) >= 11 is 18.6. The van der Waals surface area contributed by atoms with Crippen molar-refractivity contribution in [1.29, 1.82) is 0 Å². The van der Waals surface area contributed by atoms with Crippen LogP contribution in [0.1, 0.15) is 24.0 Å². The predicted octanol–water partition coefficient (Wildman–Crippen LogP) is 10.1.